The number of halogens is 1. The van der Waals surface area contributed by atoms with Gasteiger partial charge in [0.2, 0.25) is 0 Å². The zero-order valence-corrected chi connectivity index (χ0v) is 10.0. The minimum absolute atomic E-state index is 0.105. The lowest BCUT2D eigenvalue weighted by Gasteiger charge is -2.08. The highest BCUT2D eigenvalue weighted by molar-refractivity contribution is 6.81. The highest BCUT2D eigenvalue weighted by Crippen LogP contribution is 2.14. The molecule has 1 heterocycles. The maximum atomic E-state index is 13.1. The summed E-state index contributed by atoms with van der Waals surface area (Å²) in [7, 11) is 1.64. The van der Waals surface area contributed by atoms with E-state index >= 15 is 0 Å². The Balaban J connectivity index is 1.95. The Morgan fingerprint density at radius 1 is 1.17 bits per heavy atom. The van der Waals surface area contributed by atoms with E-state index in [2.05, 4.69) is 0 Å². The molecule has 3 rings (SSSR count). The lowest BCUT2D eigenvalue weighted by Crippen LogP contribution is -2.41. The Kier molecular flexibility index (Phi) is 2.80. The predicted octanol–water partition coefficient (Wildman–Crippen LogP) is 1.47. The van der Waals surface area contributed by atoms with Crippen LogP contribution in [-0.4, -0.2) is 14.0 Å². The van der Waals surface area contributed by atoms with Gasteiger partial charge in [0.15, 0.2) is 0 Å². The monoisotopic (exact) mass is 242 g/mol. The standard InChI is InChI=1S/C14H12BFO2/c1-17-13-5-2-11(3-6-13)15-14-7-4-12(16)8-10(14)9-18-15/h2-8H,9H2,1H3. The van der Waals surface area contributed by atoms with Crippen LogP contribution in [0.1, 0.15) is 5.56 Å². The second kappa shape index (κ2) is 4.46. The summed E-state index contributed by atoms with van der Waals surface area (Å²) in [6, 6.07) is 12.6. The molecule has 90 valence electrons. The SMILES string of the molecule is COc1ccc(B2OCc3cc(F)ccc32)cc1. The average Bonchev–Trinajstić information content (AvgIpc) is 2.81. The van der Waals surface area contributed by atoms with Crippen LogP contribution in [0.5, 0.6) is 5.75 Å². The van der Waals surface area contributed by atoms with Gasteiger partial charge in [0, 0.05) is 0 Å². The molecule has 2 aromatic carbocycles. The molecule has 2 aromatic rings. The van der Waals surface area contributed by atoms with Crippen molar-refractivity contribution in [1.82, 2.24) is 0 Å². The summed E-state index contributed by atoms with van der Waals surface area (Å²) in [6.45, 7) is 0.357. The van der Waals surface area contributed by atoms with E-state index in [0.29, 0.717) is 6.61 Å². The van der Waals surface area contributed by atoms with Crippen molar-refractivity contribution in [3.63, 3.8) is 0 Å². The van der Waals surface area contributed by atoms with Crippen LogP contribution in [0.4, 0.5) is 4.39 Å². The van der Waals surface area contributed by atoms with Gasteiger partial charge in [-0.1, -0.05) is 18.2 Å². The Bertz CT molecular complexity index is 569. The molecule has 0 aromatic heterocycles. The number of fused-ring (bicyclic) bond motifs is 1. The van der Waals surface area contributed by atoms with Gasteiger partial charge >= 0.3 is 6.92 Å². The maximum Gasteiger partial charge on any atom is 0.362 e. The number of ether oxygens (including phenoxy) is 1. The molecule has 18 heavy (non-hydrogen) atoms. The molecule has 1 aliphatic heterocycles. The van der Waals surface area contributed by atoms with E-state index in [1.165, 1.54) is 6.07 Å². The van der Waals surface area contributed by atoms with Crippen LogP contribution in [0.25, 0.3) is 0 Å². The van der Waals surface area contributed by atoms with Crippen molar-refractivity contribution in [2.45, 2.75) is 6.61 Å². The van der Waals surface area contributed by atoms with Gasteiger partial charge in [0.1, 0.15) is 11.6 Å². The van der Waals surface area contributed by atoms with E-state index in [9.17, 15) is 4.39 Å². The molecule has 0 spiro atoms. The van der Waals surface area contributed by atoms with Crippen molar-refractivity contribution >= 4 is 17.8 Å². The van der Waals surface area contributed by atoms with Crippen LogP contribution >= 0.6 is 0 Å². The smallest absolute Gasteiger partial charge is 0.362 e. The summed E-state index contributed by atoms with van der Waals surface area (Å²) in [5.74, 6) is 0.601. The highest BCUT2D eigenvalue weighted by Gasteiger charge is 2.29. The summed E-state index contributed by atoms with van der Waals surface area (Å²) in [5, 5.41) is 0. The summed E-state index contributed by atoms with van der Waals surface area (Å²) in [4.78, 5) is 0. The molecule has 0 saturated carbocycles. The highest BCUT2D eigenvalue weighted by atomic mass is 19.1. The molecule has 0 saturated heterocycles. The van der Waals surface area contributed by atoms with Crippen LogP contribution in [0.2, 0.25) is 0 Å². The quantitative estimate of drug-likeness (QED) is 0.742. The Morgan fingerprint density at radius 2 is 1.94 bits per heavy atom. The fraction of sp³-hybridized carbons (Fsp3) is 0.143. The second-order valence-corrected chi connectivity index (χ2v) is 4.31. The van der Waals surface area contributed by atoms with Crippen LogP contribution in [0.3, 0.4) is 0 Å². The van der Waals surface area contributed by atoms with Gasteiger partial charge in [-0.3, -0.25) is 0 Å². The van der Waals surface area contributed by atoms with E-state index in [-0.39, 0.29) is 12.7 Å². The van der Waals surface area contributed by atoms with Gasteiger partial charge in [-0.2, -0.15) is 0 Å². The summed E-state index contributed by atoms with van der Waals surface area (Å²) in [5.41, 5.74) is 3.03. The Morgan fingerprint density at radius 3 is 2.67 bits per heavy atom. The minimum atomic E-state index is -0.215. The number of rotatable bonds is 2. The topological polar surface area (TPSA) is 18.5 Å². The third kappa shape index (κ3) is 1.89. The predicted molar refractivity (Wildman–Crippen MR) is 69.2 cm³/mol. The lowest BCUT2D eigenvalue weighted by molar-refractivity contribution is 0.336. The third-order valence-electron chi connectivity index (χ3n) is 3.21. The molecule has 4 heteroatoms. The van der Waals surface area contributed by atoms with Crippen molar-refractivity contribution in [2.75, 3.05) is 7.11 Å². The molecule has 0 amide bonds. The van der Waals surface area contributed by atoms with E-state index in [0.717, 1.165) is 22.2 Å². The first kappa shape index (κ1) is 11.3. The van der Waals surface area contributed by atoms with Crippen molar-refractivity contribution in [2.24, 2.45) is 0 Å². The summed E-state index contributed by atoms with van der Waals surface area (Å²) in [6.07, 6.45) is 0. The first-order valence-electron chi connectivity index (χ1n) is 5.82. The lowest BCUT2D eigenvalue weighted by atomic mass is 9.56. The van der Waals surface area contributed by atoms with Crippen LogP contribution in [0, 0.1) is 5.82 Å². The second-order valence-electron chi connectivity index (χ2n) is 4.31. The zero-order valence-electron chi connectivity index (χ0n) is 10.0. The molecule has 0 fully saturated rings. The van der Waals surface area contributed by atoms with Crippen molar-refractivity contribution in [1.29, 1.82) is 0 Å². The minimum Gasteiger partial charge on any atom is -0.497 e. The normalized spacial score (nSPS) is 13.6. The van der Waals surface area contributed by atoms with Gasteiger partial charge in [0.05, 0.1) is 13.7 Å². The molecule has 0 N–H and O–H groups in total. The molecule has 0 aliphatic carbocycles. The Hall–Kier alpha value is -1.81. The first-order valence-corrected chi connectivity index (χ1v) is 5.82. The fourth-order valence-electron chi connectivity index (χ4n) is 2.27. The molecule has 0 bridgehead atoms. The Labute approximate surface area is 105 Å². The largest absolute Gasteiger partial charge is 0.497 e. The van der Waals surface area contributed by atoms with E-state index in [4.69, 9.17) is 9.39 Å². The van der Waals surface area contributed by atoms with E-state index < -0.39 is 0 Å². The number of benzene rings is 2. The zero-order chi connectivity index (χ0) is 12.5. The van der Waals surface area contributed by atoms with Gasteiger partial charge < -0.3 is 9.39 Å². The number of methoxy groups -OCH3 is 1. The van der Waals surface area contributed by atoms with Crippen LogP contribution in [-0.2, 0) is 11.3 Å². The van der Waals surface area contributed by atoms with E-state index in [1.807, 2.05) is 24.3 Å². The van der Waals surface area contributed by atoms with Crippen LogP contribution in [0.15, 0.2) is 42.5 Å². The van der Waals surface area contributed by atoms with Crippen molar-refractivity contribution < 1.29 is 13.8 Å². The summed E-state index contributed by atoms with van der Waals surface area (Å²) >= 11 is 0. The van der Waals surface area contributed by atoms with Gasteiger partial charge in [-0.15, -0.1) is 0 Å². The average molecular weight is 242 g/mol. The molecule has 0 radical (unpaired) electrons. The fourth-order valence-corrected chi connectivity index (χ4v) is 2.27. The van der Waals surface area contributed by atoms with Gasteiger partial charge in [0.25, 0.3) is 0 Å². The van der Waals surface area contributed by atoms with Crippen molar-refractivity contribution in [3.05, 3.63) is 53.8 Å². The molecule has 0 atom stereocenters. The molecular formula is C14H12BFO2. The van der Waals surface area contributed by atoms with Gasteiger partial charge in [-0.25, -0.2) is 4.39 Å². The molecular weight excluding hydrogens is 230 g/mol. The van der Waals surface area contributed by atoms with Gasteiger partial charge in [-0.05, 0) is 40.8 Å². The molecule has 1 aliphatic rings. The first-order chi connectivity index (χ1) is 8.78. The molecule has 0 unspecified atom stereocenters. The summed E-state index contributed by atoms with van der Waals surface area (Å²) < 4.78 is 24.0. The maximum absolute atomic E-state index is 13.1. The third-order valence-corrected chi connectivity index (χ3v) is 3.21. The molecule has 2 nitrogen and oxygen atoms in total. The van der Waals surface area contributed by atoms with E-state index in [1.54, 1.807) is 19.2 Å². The number of hydrogen-bond acceptors (Lipinski definition) is 2. The van der Waals surface area contributed by atoms with Crippen LogP contribution < -0.4 is 15.7 Å². The van der Waals surface area contributed by atoms with Crippen molar-refractivity contribution in [3.8, 4) is 5.75 Å². The number of hydrogen-bond donors (Lipinski definition) is 0.